The Hall–Kier alpha value is -6.26. The number of nitrogens with one attached hydrogen (secondary N) is 1. The van der Waals surface area contributed by atoms with Crippen molar-refractivity contribution in [1.82, 2.24) is 9.80 Å². The lowest BCUT2D eigenvalue weighted by Gasteiger charge is -2.43. The van der Waals surface area contributed by atoms with Gasteiger partial charge in [-0.3, -0.25) is 28.8 Å². The smallest absolute Gasteiger partial charge is 0.308 e. The van der Waals surface area contributed by atoms with Crippen molar-refractivity contribution in [2.75, 3.05) is 38.1 Å². The minimum atomic E-state index is -2.43. The number of benzene rings is 3. The minimum absolute atomic E-state index is 0.0629. The number of halogens is 6. The van der Waals surface area contributed by atoms with Crippen LogP contribution in [0.15, 0.2) is 24.3 Å². The number of carbonyl (C=O) groups is 6. The zero-order valence-corrected chi connectivity index (χ0v) is 32.9. The largest absolute Gasteiger partial charge is 0.459 e. The first-order chi connectivity index (χ1) is 28.8. The van der Waals surface area contributed by atoms with Crippen molar-refractivity contribution in [3.05, 3.63) is 69.5 Å². The monoisotopic (exact) mass is 885 g/mol. The molecule has 0 aliphatic carbocycles. The molecule has 2 N–H and O–H groups in total. The maximum atomic E-state index is 14.4. The molecule has 3 aromatic carbocycles. The van der Waals surface area contributed by atoms with E-state index < -0.39 is 121 Å². The van der Waals surface area contributed by atoms with Gasteiger partial charge in [-0.2, -0.15) is 0 Å². The van der Waals surface area contributed by atoms with E-state index in [1.807, 2.05) is 0 Å². The summed E-state index contributed by atoms with van der Waals surface area (Å²) >= 11 is 6.60. The van der Waals surface area contributed by atoms with E-state index in [-0.39, 0.29) is 58.0 Å². The van der Waals surface area contributed by atoms with Crippen molar-refractivity contribution in [3.8, 4) is 23.0 Å². The van der Waals surface area contributed by atoms with Gasteiger partial charge < -0.3 is 53.4 Å². The van der Waals surface area contributed by atoms with Gasteiger partial charge in [-0.05, 0) is 18.2 Å². The number of aliphatic hydroxyl groups excluding tert-OH is 1. The van der Waals surface area contributed by atoms with Crippen LogP contribution in [0.2, 0.25) is 5.02 Å². The van der Waals surface area contributed by atoms with Crippen molar-refractivity contribution >= 4 is 58.7 Å². The van der Waals surface area contributed by atoms with Gasteiger partial charge in [0.05, 0.1) is 23.0 Å². The van der Waals surface area contributed by atoms with Gasteiger partial charge in [-0.25, -0.2) is 22.0 Å². The summed E-state index contributed by atoms with van der Waals surface area (Å²) in [6.07, 6.45) is -7.67. The highest BCUT2D eigenvalue weighted by Crippen LogP contribution is 2.50. The molecule has 0 saturated carbocycles. The number of fused-ring (bicyclic) bond motifs is 2. The summed E-state index contributed by atoms with van der Waals surface area (Å²) in [6, 6.07) is 5.27. The van der Waals surface area contributed by atoms with E-state index in [1.165, 1.54) is 24.3 Å². The van der Waals surface area contributed by atoms with Crippen molar-refractivity contribution in [2.24, 2.45) is 0 Å². The highest BCUT2D eigenvalue weighted by Gasteiger charge is 2.53. The lowest BCUT2D eigenvalue weighted by atomic mass is 9.98. The summed E-state index contributed by atoms with van der Waals surface area (Å²) in [6.45, 7) is 1.91. The zero-order valence-electron chi connectivity index (χ0n) is 32.1. The molecular weight excluding hydrogens is 853 g/mol. The molecule has 3 heterocycles. The van der Waals surface area contributed by atoms with Crippen LogP contribution < -0.4 is 19.5 Å². The fourth-order valence-corrected chi connectivity index (χ4v) is 6.93. The van der Waals surface area contributed by atoms with E-state index in [2.05, 4.69) is 5.32 Å². The lowest BCUT2D eigenvalue weighted by Crippen LogP contribution is -2.63. The number of hydrogen-bond acceptors (Lipinski definition) is 15. The summed E-state index contributed by atoms with van der Waals surface area (Å²) in [4.78, 5) is 77.6. The highest BCUT2D eigenvalue weighted by molar-refractivity contribution is 6.32. The number of carbonyl (C=O) groups excluding carboxylic acids is 6. The van der Waals surface area contributed by atoms with Gasteiger partial charge >= 0.3 is 23.9 Å². The standard InChI is InChI=1S/C38H33ClF5N3O14/c1-14(49)55-21-6-5-19-32(25(21)36(53)46-7-9-47(10-8-46)37(54)26-27(40)29(42)31(44)30(43)28(26)41)59-23-12-22(18(39)11-20(23)45-19)60-38-35(58-17(4)52)34(57-16(3)51)33(56-15(2)50)24(13-48)61-38/h5-6,11-12,24,33-35,38,45,48H,7-10,13H2,1-4H3/t24-,33+,34+,35-,38-/m1/s1. The zero-order chi connectivity index (χ0) is 44.6. The van der Waals surface area contributed by atoms with Crippen LogP contribution in [0, 0.1) is 29.1 Å². The molecule has 5 atom stereocenters. The molecule has 61 heavy (non-hydrogen) atoms. The van der Waals surface area contributed by atoms with Crippen LogP contribution in [0.3, 0.4) is 0 Å². The van der Waals surface area contributed by atoms with Gasteiger partial charge in [0.15, 0.2) is 47.0 Å². The van der Waals surface area contributed by atoms with Crippen molar-refractivity contribution in [1.29, 1.82) is 0 Å². The molecule has 3 aromatic rings. The predicted molar refractivity (Wildman–Crippen MR) is 194 cm³/mol. The Labute approximate surface area is 346 Å². The number of esters is 4. The summed E-state index contributed by atoms with van der Waals surface area (Å²) in [5.41, 5.74) is -1.60. The average molecular weight is 886 g/mol. The normalized spacial score (nSPS) is 20.5. The van der Waals surface area contributed by atoms with Gasteiger partial charge in [-0.15, -0.1) is 0 Å². The maximum Gasteiger partial charge on any atom is 0.308 e. The molecule has 0 unspecified atom stereocenters. The molecule has 3 aliphatic rings. The number of nitrogens with zero attached hydrogens (tertiary/aromatic N) is 2. The Kier molecular flexibility index (Phi) is 12.9. The number of piperazine rings is 1. The van der Waals surface area contributed by atoms with Gasteiger partial charge in [0.25, 0.3) is 11.8 Å². The van der Waals surface area contributed by atoms with Crippen LogP contribution in [-0.4, -0.2) is 114 Å². The third kappa shape index (κ3) is 8.96. The second-order valence-corrected chi connectivity index (χ2v) is 13.9. The molecular formula is C38H33ClF5N3O14. The van der Waals surface area contributed by atoms with E-state index in [1.54, 1.807) is 0 Å². The Morgan fingerprint density at radius 3 is 1.77 bits per heavy atom. The summed E-state index contributed by atoms with van der Waals surface area (Å²) in [5, 5.41) is 13.1. The third-order valence-corrected chi connectivity index (χ3v) is 9.60. The summed E-state index contributed by atoms with van der Waals surface area (Å²) in [5.74, 6) is -18.2. The summed E-state index contributed by atoms with van der Waals surface area (Å²) in [7, 11) is 0. The molecule has 3 aliphatic heterocycles. The van der Waals surface area contributed by atoms with E-state index in [0.29, 0.717) is 0 Å². The van der Waals surface area contributed by atoms with E-state index >= 15 is 0 Å². The molecule has 17 nitrogen and oxygen atoms in total. The Balaban J connectivity index is 1.29. The molecule has 0 bridgehead atoms. The molecule has 2 fully saturated rings. The topological polar surface area (TPSA) is 206 Å². The molecule has 0 aromatic heterocycles. The van der Waals surface area contributed by atoms with Crippen molar-refractivity contribution < 1.29 is 89.0 Å². The molecule has 6 rings (SSSR count). The first kappa shape index (κ1) is 44.3. The van der Waals surface area contributed by atoms with Crippen molar-refractivity contribution in [3.63, 3.8) is 0 Å². The number of anilines is 2. The Morgan fingerprint density at radius 2 is 1.23 bits per heavy atom. The second kappa shape index (κ2) is 17.8. The van der Waals surface area contributed by atoms with Crippen LogP contribution in [0.25, 0.3) is 0 Å². The van der Waals surface area contributed by atoms with Gasteiger partial charge in [0.2, 0.25) is 18.2 Å². The molecule has 326 valence electrons. The average Bonchev–Trinajstić information content (AvgIpc) is 3.20. The highest BCUT2D eigenvalue weighted by atomic mass is 35.5. The van der Waals surface area contributed by atoms with Crippen LogP contribution in [0.5, 0.6) is 23.0 Å². The van der Waals surface area contributed by atoms with Crippen LogP contribution >= 0.6 is 11.6 Å². The third-order valence-electron chi connectivity index (χ3n) is 9.30. The number of amides is 2. The molecule has 2 amide bonds. The quantitative estimate of drug-likeness (QED) is 0.0601. The van der Waals surface area contributed by atoms with Gasteiger partial charge in [-0.1, -0.05) is 11.6 Å². The fourth-order valence-electron chi connectivity index (χ4n) is 6.72. The SMILES string of the molecule is CC(=O)Oc1ccc2c(c1C(=O)N1CCN(C(=O)c3c(F)c(F)c(F)c(F)c3F)CC1)Oc1cc(O[C@@H]3O[C@H](CO)[C@H](OC(C)=O)[C@H](OC(C)=O)[C@H]3OC(C)=O)c(Cl)cc1N2. The lowest BCUT2D eigenvalue weighted by molar-refractivity contribution is -0.287. The number of aliphatic hydroxyl groups is 1. The van der Waals surface area contributed by atoms with Gasteiger partial charge in [0, 0.05) is 59.9 Å². The van der Waals surface area contributed by atoms with E-state index in [4.69, 9.17) is 44.8 Å². The van der Waals surface area contributed by atoms with Crippen LogP contribution in [-0.2, 0) is 38.1 Å². The second-order valence-electron chi connectivity index (χ2n) is 13.5. The first-order valence-electron chi connectivity index (χ1n) is 18.0. The molecule has 0 spiro atoms. The minimum Gasteiger partial charge on any atom is -0.459 e. The number of rotatable bonds is 9. The van der Waals surface area contributed by atoms with Gasteiger partial charge in [0.1, 0.15) is 28.7 Å². The van der Waals surface area contributed by atoms with E-state index in [9.17, 15) is 55.8 Å². The summed E-state index contributed by atoms with van der Waals surface area (Å²) < 4.78 is 110. The molecule has 23 heteroatoms. The fraction of sp³-hybridized carbons (Fsp3) is 0.368. The Bertz CT molecular complexity index is 2300. The van der Waals surface area contributed by atoms with Crippen LogP contribution in [0.4, 0.5) is 33.3 Å². The first-order valence-corrected chi connectivity index (χ1v) is 18.4. The molecule has 0 radical (unpaired) electrons. The Morgan fingerprint density at radius 1 is 0.705 bits per heavy atom. The number of hydrogen-bond donors (Lipinski definition) is 2. The van der Waals surface area contributed by atoms with E-state index in [0.717, 1.165) is 37.5 Å². The molecule has 2 saturated heterocycles. The number of ether oxygens (including phenoxy) is 7. The van der Waals surface area contributed by atoms with Crippen LogP contribution in [0.1, 0.15) is 48.4 Å². The maximum absolute atomic E-state index is 14.4. The van der Waals surface area contributed by atoms with Crippen molar-refractivity contribution in [2.45, 2.75) is 58.4 Å². The predicted octanol–water partition coefficient (Wildman–Crippen LogP) is 4.30.